The number of benzene rings is 1. The van der Waals surface area contributed by atoms with Crippen molar-refractivity contribution in [2.75, 3.05) is 5.01 Å². The Labute approximate surface area is 99.7 Å². The summed E-state index contributed by atoms with van der Waals surface area (Å²) < 4.78 is 0. The third kappa shape index (κ3) is 1.72. The number of carbonyl (C=O) groups is 1. The normalized spacial score (nSPS) is 24.4. The fourth-order valence-corrected chi connectivity index (χ4v) is 1.80. The van der Waals surface area contributed by atoms with Crippen LogP contribution >= 0.6 is 11.6 Å². The summed E-state index contributed by atoms with van der Waals surface area (Å²) in [5, 5.41) is 1.41. The highest BCUT2D eigenvalue weighted by Gasteiger charge is 2.39. The first-order chi connectivity index (χ1) is 7.54. The first-order valence-electron chi connectivity index (χ1n) is 5.05. The molecule has 2 rings (SSSR count). The topological polar surface area (TPSA) is 32.3 Å². The van der Waals surface area contributed by atoms with E-state index in [0.717, 1.165) is 11.3 Å². The molecule has 4 heteroatoms. The van der Waals surface area contributed by atoms with Gasteiger partial charge in [-0.25, -0.2) is 5.43 Å². The van der Waals surface area contributed by atoms with Gasteiger partial charge in [-0.05, 0) is 43.2 Å². The Morgan fingerprint density at radius 3 is 2.50 bits per heavy atom. The lowest BCUT2D eigenvalue weighted by Gasteiger charge is -2.25. The van der Waals surface area contributed by atoms with Crippen LogP contribution in [0, 0.1) is 0 Å². The van der Waals surface area contributed by atoms with Crippen molar-refractivity contribution in [2.24, 2.45) is 0 Å². The van der Waals surface area contributed by atoms with Crippen LogP contribution < -0.4 is 10.4 Å². The zero-order valence-corrected chi connectivity index (χ0v) is 9.95. The number of hydrogen-bond acceptors (Lipinski definition) is 3. The largest absolute Gasteiger partial charge is 0.283 e. The highest BCUT2D eigenvalue weighted by atomic mass is 35.5. The molecule has 1 aromatic rings. The van der Waals surface area contributed by atoms with Gasteiger partial charge in [0, 0.05) is 6.20 Å². The van der Waals surface area contributed by atoms with Crippen LogP contribution in [0.15, 0.2) is 42.1 Å². The number of halogens is 1. The maximum Gasteiger partial charge on any atom is 0.247 e. The maximum atomic E-state index is 11.4. The summed E-state index contributed by atoms with van der Waals surface area (Å²) in [6.45, 7) is 3.66. The Balaban J connectivity index is 2.29. The van der Waals surface area contributed by atoms with Crippen LogP contribution in [0.5, 0.6) is 0 Å². The standard InChI is InChI=1S/C12H13ClN2O/c1-9-8-15(10-6-4-3-5-7-10)14-12(9,2)11(13)16/h3-8,14H,1-2H3. The van der Waals surface area contributed by atoms with Crippen molar-refractivity contribution < 1.29 is 4.79 Å². The van der Waals surface area contributed by atoms with E-state index in [9.17, 15) is 4.79 Å². The molecule has 0 radical (unpaired) electrons. The Kier molecular flexibility index (Phi) is 2.74. The summed E-state index contributed by atoms with van der Waals surface area (Å²) in [4.78, 5) is 11.4. The van der Waals surface area contributed by atoms with Crippen molar-refractivity contribution in [2.45, 2.75) is 19.4 Å². The number of rotatable bonds is 2. The average molecular weight is 237 g/mol. The molecule has 84 valence electrons. The molecular formula is C12H13ClN2O. The van der Waals surface area contributed by atoms with Gasteiger partial charge in [0.1, 0.15) is 5.54 Å². The minimum atomic E-state index is -0.808. The van der Waals surface area contributed by atoms with Crippen LogP contribution in [-0.4, -0.2) is 10.8 Å². The van der Waals surface area contributed by atoms with Crippen LogP contribution in [-0.2, 0) is 4.79 Å². The van der Waals surface area contributed by atoms with Gasteiger partial charge in [0.25, 0.3) is 0 Å². The molecule has 0 saturated heterocycles. The van der Waals surface area contributed by atoms with Gasteiger partial charge in [-0.1, -0.05) is 18.2 Å². The quantitative estimate of drug-likeness (QED) is 0.801. The molecule has 1 aromatic carbocycles. The molecule has 0 aliphatic carbocycles. The number of nitrogens with one attached hydrogen (secondary N) is 1. The number of nitrogens with zero attached hydrogens (tertiary/aromatic N) is 1. The molecular weight excluding hydrogens is 224 g/mol. The monoisotopic (exact) mass is 236 g/mol. The molecule has 1 aliphatic rings. The number of hydrazine groups is 1. The predicted molar refractivity (Wildman–Crippen MR) is 65.1 cm³/mol. The predicted octanol–water partition coefficient (Wildman–Crippen LogP) is 2.44. The van der Waals surface area contributed by atoms with Crippen molar-refractivity contribution in [1.82, 2.24) is 5.43 Å². The van der Waals surface area contributed by atoms with Crippen molar-refractivity contribution in [3.05, 3.63) is 42.1 Å². The maximum absolute atomic E-state index is 11.4. The van der Waals surface area contributed by atoms with E-state index in [1.54, 1.807) is 6.92 Å². The molecule has 1 atom stereocenters. The molecule has 0 bridgehead atoms. The second-order valence-electron chi connectivity index (χ2n) is 4.03. The first kappa shape index (κ1) is 11.2. The van der Waals surface area contributed by atoms with Crippen LogP contribution in [0.1, 0.15) is 13.8 Å². The second-order valence-corrected chi connectivity index (χ2v) is 4.37. The summed E-state index contributed by atoms with van der Waals surface area (Å²) in [5.41, 5.74) is 4.16. The average Bonchev–Trinajstić information content (AvgIpc) is 2.58. The number of hydrogen-bond donors (Lipinski definition) is 1. The Bertz CT molecular complexity index is 444. The van der Waals surface area contributed by atoms with Gasteiger partial charge in [0.15, 0.2) is 0 Å². The fourth-order valence-electron chi connectivity index (χ4n) is 1.61. The lowest BCUT2D eigenvalue weighted by Crippen LogP contribution is -2.50. The van der Waals surface area contributed by atoms with Gasteiger partial charge in [0.05, 0.1) is 5.69 Å². The SMILES string of the molecule is CC1=CN(c2ccccc2)NC1(C)C(=O)Cl. The van der Waals surface area contributed by atoms with E-state index < -0.39 is 10.8 Å². The Morgan fingerprint density at radius 1 is 1.38 bits per heavy atom. The highest BCUT2D eigenvalue weighted by Crippen LogP contribution is 2.28. The van der Waals surface area contributed by atoms with E-state index in [-0.39, 0.29) is 0 Å². The van der Waals surface area contributed by atoms with E-state index in [1.165, 1.54) is 0 Å². The first-order valence-corrected chi connectivity index (χ1v) is 5.43. The smallest absolute Gasteiger partial charge is 0.247 e. The molecule has 0 saturated carbocycles. The molecule has 1 unspecified atom stereocenters. The molecule has 1 heterocycles. The number of anilines is 1. The summed E-state index contributed by atoms with van der Waals surface area (Å²) in [6, 6.07) is 9.75. The summed E-state index contributed by atoms with van der Waals surface area (Å²) in [5.74, 6) is 0. The minimum absolute atomic E-state index is 0.403. The van der Waals surface area contributed by atoms with Gasteiger partial charge in [-0.3, -0.25) is 9.80 Å². The molecule has 0 aromatic heterocycles. The lowest BCUT2D eigenvalue weighted by atomic mass is 9.98. The van der Waals surface area contributed by atoms with Crippen LogP contribution in [0.25, 0.3) is 0 Å². The number of carbonyl (C=O) groups excluding carboxylic acids is 1. The molecule has 0 fully saturated rings. The van der Waals surface area contributed by atoms with E-state index in [1.807, 2.05) is 48.5 Å². The summed E-state index contributed by atoms with van der Waals surface area (Å²) in [6.07, 6.45) is 1.88. The van der Waals surface area contributed by atoms with Gasteiger partial charge in [-0.2, -0.15) is 0 Å². The molecule has 0 spiro atoms. The van der Waals surface area contributed by atoms with Gasteiger partial charge < -0.3 is 0 Å². The van der Waals surface area contributed by atoms with Crippen molar-refractivity contribution in [3.63, 3.8) is 0 Å². The highest BCUT2D eigenvalue weighted by molar-refractivity contribution is 6.66. The van der Waals surface area contributed by atoms with E-state index in [2.05, 4.69) is 5.43 Å². The van der Waals surface area contributed by atoms with Gasteiger partial charge in [-0.15, -0.1) is 0 Å². The summed E-state index contributed by atoms with van der Waals surface area (Å²) >= 11 is 5.60. The van der Waals surface area contributed by atoms with Gasteiger partial charge >= 0.3 is 0 Å². The van der Waals surface area contributed by atoms with Crippen molar-refractivity contribution in [3.8, 4) is 0 Å². The van der Waals surface area contributed by atoms with Crippen molar-refractivity contribution in [1.29, 1.82) is 0 Å². The third-order valence-electron chi connectivity index (χ3n) is 2.88. The zero-order chi connectivity index (χ0) is 11.8. The summed E-state index contributed by atoms with van der Waals surface area (Å²) in [7, 11) is 0. The molecule has 3 nitrogen and oxygen atoms in total. The fraction of sp³-hybridized carbons (Fsp3) is 0.250. The number of para-hydroxylation sites is 1. The Hall–Kier alpha value is -1.32. The third-order valence-corrected chi connectivity index (χ3v) is 3.26. The van der Waals surface area contributed by atoms with Gasteiger partial charge in [0.2, 0.25) is 5.24 Å². The van der Waals surface area contributed by atoms with Crippen molar-refractivity contribution >= 4 is 22.5 Å². The molecule has 0 amide bonds. The van der Waals surface area contributed by atoms with E-state index >= 15 is 0 Å². The minimum Gasteiger partial charge on any atom is -0.283 e. The lowest BCUT2D eigenvalue weighted by molar-refractivity contribution is -0.115. The molecule has 1 N–H and O–H groups in total. The zero-order valence-electron chi connectivity index (χ0n) is 9.20. The molecule has 1 aliphatic heterocycles. The van der Waals surface area contributed by atoms with E-state index in [4.69, 9.17) is 11.6 Å². The van der Waals surface area contributed by atoms with Crippen LogP contribution in [0.2, 0.25) is 0 Å². The van der Waals surface area contributed by atoms with Crippen LogP contribution in [0.4, 0.5) is 5.69 Å². The van der Waals surface area contributed by atoms with E-state index in [0.29, 0.717) is 0 Å². The van der Waals surface area contributed by atoms with Crippen LogP contribution in [0.3, 0.4) is 0 Å². The Morgan fingerprint density at radius 2 is 2.00 bits per heavy atom. The molecule has 16 heavy (non-hydrogen) atoms. The second kappa shape index (κ2) is 3.92.